The van der Waals surface area contributed by atoms with Gasteiger partial charge in [0, 0.05) is 39.0 Å². The molecule has 1 heterocycles. The SMILES string of the molecule is COCCC(C)NC1CCCC12CCOCC2. The number of methoxy groups -OCH3 is 1. The van der Waals surface area contributed by atoms with Crippen LogP contribution in [0.25, 0.3) is 0 Å². The molecule has 2 fully saturated rings. The van der Waals surface area contributed by atoms with E-state index in [0.29, 0.717) is 17.5 Å². The highest BCUT2D eigenvalue weighted by molar-refractivity contribution is 4.98. The van der Waals surface area contributed by atoms with Gasteiger partial charge in [0.1, 0.15) is 0 Å². The number of hydrogen-bond donors (Lipinski definition) is 1. The number of nitrogens with one attached hydrogen (secondary N) is 1. The van der Waals surface area contributed by atoms with Crippen molar-refractivity contribution in [3.63, 3.8) is 0 Å². The van der Waals surface area contributed by atoms with Gasteiger partial charge in [-0.1, -0.05) is 6.42 Å². The Balaban J connectivity index is 1.86. The Morgan fingerprint density at radius 3 is 2.82 bits per heavy atom. The van der Waals surface area contributed by atoms with Crippen LogP contribution in [0.1, 0.15) is 45.4 Å². The van der Waals surface area contributed by atoms with Gasteiger partial charge in [-0.05, 0) is 44.4 Å². The smallest absolute Gasteiger partial charge is 0.0476 e. The fourth-order valence-corrected chi connectivity index (χ4v) is 3.50. The van der Waals surface area contributed by atoms with Crippen molar-refractivity contribution in [3.05, 3.63) is 0 Å². The molecule has 0 aromatic rings. The molecular weight excluding hydrogens is 214 g/mol. The third kappa shape index (κ3) is 3.21. The van der Waals surface area contributed by atoms with Crippen LogP contribution in [0, 0.1) is 5.41 Å². The van der Waals surface area contributed by atoms with E-state index in [4.69, 9.17) is 9.47 Å². The molecule has 100 valence electrons. The third-order valence-electron chi connectivity index (χ3n) is 4.64. The van der Waals surface area contributed by atoms with E-state index in [9.17, 15) is 0 Å². The molecule has 1 aliphatic heterocycles. The van der Waals surface area contributed by atoms with E-state index in [2.05, 4.69) is 12.2 Å². The van der Waals surface area contributed by atoms with Crippen molar-refractivity contribution in [3.8, 4) is 0 Å². The average Bonchev–Trinajstić information content (AvgIpc) is 2.70. The van der Waals surface area contributed by atoms with Crippen LogP contribution in [0.2, 0.25) is 0 Å². The molecule has 2 atom stereocenters. The maximum Gasteiger partial charge on any atom is 0.0476 e. The van der Waals surface area contributed by atoms with E-state index in [1.165, 1.54) is 32.1 Å². The first-order valence-electron chi connectivity index (χ1n) is 7.09. The lowest BCUT2D eigenvalue weighted by molar-refractivity contribution is 0.00221. The van der Waals surface area contributed by atoms with Crippen molar-refractivity contribution in [2.45, 2.75) is 57.5 Å². The van der Waals surface area contributed by atoms with Gasteiger partial charge in [-0.2, -0.15) is 0 Å². The van der Waals surface area contributed by atoms with Gasteiger partial charge >= 0.3 is 0 Å². The van der Waals surface area contributed by atoms with Crippen LogP contribution in [-0.4, -0.2) is 39.0 Å². The van der Waals surface area contributed by atoms with Gasteiger partial charge < -0.3 is 14.8 Å². The third-order valence-corrected chi connectivity index (χ3v) is 4.64. The zero-order chi connectivity index (χ0) is 12.1. The topological polar surface area (TPSA) is 30.5 Å². The van der Waals surface area contributed by atoms with Crippen LogP contribution in [0.5, 0.6) is 0 Å². The summed E-state index contributed by atoms with van der Waals surface area (Å²) in [5, 5.41) is 3.84. The monoisotopic (exact) mass is 241 g/mol. The van der Waals surface area contributed by atoms with E-state index in [-0.39, 0.29) is 0 Å². The molecule has 1 aliphatic carbocycles. The molecule has 0 amide bonds. The fraction of sp³-hybridized carbons (Fsp3) is 1.00. The Morgan fingerprint density at radius 1 is 1.35 bits per heavy atom. The molecule has 0 radical (unpaired) electrons. The lowest BCUT2D eigenvalue weighted by Crippen LogP contribution is -2.48. The normalized spacial score (nSPS) is 29.6. The number of ether oxygens (including phenoxy) is 2. The first-order chi connectivity index (χ1) is 8.27. The van der Waals surface area contributed by atoms with Crippen LogP contribution < -0.4 is 5.32 Å². The van der Waals surface area contributed by atoms with E-state index in [1.54, 1.807) is 7.11 Å². The van der Waals surface area contributed by atoms with E-state index >= 15 is 0 Å². The lowest BCUT2D eigenvalue weighted by atomic mass is 9.75. The van der Waals surface area contributed by atoms with E-state index < -0.39 is 0 Å². The predicted octanol–water partition coefficient (Wildman–Crippen LogP) is 2.35. The summed E-state index contributed by atoms with van der Waals surface area (Å²) >= 11 is 0. The molecule has 0 aromatic carbocycles. The molecule has 0 aromatic heterocycles. The highest BCUT2D eigenvalue weighted by Gasteiger charge is 2.43. The Morgan fingerprint density at radius 2 is 2.12 bits per heavy atom. The molecule has 1 saturated heterocycles. The maximum absolute atomic E-state index is 5.53. The van der Waals surface area contributed by atoms with Crippen LogP contribution in [-0.2, 0) is 9.47 Å². The van der Waals surface area contributed by atoms with Crippen LogP contribution in [0.15, 0.2) is 0 Å². The first-order valence-corrected chi connectivity index (χ1v) is 7.09. The largest absolute Gasteiger partial charge is 0.385 e. The second-order valence-electron chi connectivity index (χ2n) is 5.77. The Hall–Kier alpha value is -0.120. The zero-order valence-electron chi connectivity index (χ0n) is 11.3. The van der Waals surface area contributed by atoms with Crippen LogP contribution >= 0.6 is 0 Å². The highest BCUT2D eigenvalue weighted by atomic mass is 16.5. The number of rotatable bonds is 5. The van der Waals surface area contributed by atoms with Crippen LogP contribution in [0.4, 0.5) is 0 Å². The van der Waals surface area contributed by atoms with Crippen LogP contribution in [0.3, 0.4) is 0 Å². The summed E-state index contributed by atoms with van der Waals surface area (Å²) in [4.78, 5) is 0. The van der Waals surface area contributed by atoms with Gasteiger partial charge in [0.15, 0.2) is 0 Å². The van der Waals surface area contributed by atoms with E-state index in [0.717, 1.165) is 26.2 Å². The summed E-state index contributed by atoms with van der Waals surface area (Å²) in [5.74, 6) is 0. The number of hydrogen-bond acceptors (Lipinski definition) is 3. The first kappa shape index (κ1) is 13.3. The minimum absolute atomic E-state index is 0.541. The zero-order valence-corrected chi connectivity index (χ0v) is 11.3. The minimum Gasteiger partial charge on any atom is -0.385 e. The summed E-state index contributed by atoms with van der Waals surface area (Å²) in [5.41, 5.74) is 0.541. The highest BCUT2D eigenvalue weighted by Crippen LogP contribution is 2.46. The summed E-state index contributed by atoms with van der Waals surface area (Å²) in [6.45, 7) is 5.07. The van der Waals surface area contributed by atoms with Crippen molar-refractivity contribution < 1.29 is 9.47 Å². The summed E-state index contributed by atoms with van der Waals surface area (Å²) < 4.78 is 10.7. The molecule has 2 rings (SSSR count). The molecule has 3 nitrogen and oxygen atoms in total. The lowest BCUT2D eigenvalue weighted by Gasteiger charge is -2.40. The molecular formula is C14H27NO2. The van der Waals surface area contributed by atoms with Gasteiger partial charge in [-0.15, -0.1) is 0 Å². The minimum atomic E-state index is 0.541. The van der Waals surface area contributed by atoms with Gasteiger partial charge in [-0.3, -0.25) is 0 Å². The average molecular weight is 241 g/mol. The van der Waals surface area contributed by atoms with E-state index in [1.807, 2.05) is 0 Å². The molecule has 2 unspecified atom stereocenters. The van der Waals surface area contributed by atoms with Gasteiger partial charge in [0.2, 0.25) is 0 Å². The van der Waals surface area contributed by atoms with Crippen molar-refractivity contribution in [1.82, 2.24) is 5.32 Å². The summed E-state index contributed by atoms with van der Waals surface area (Å²) in [6, 6.07) is 1.27. The standard InChI is InChI=1S/C14H27NO2/c1-12(5-9-16-2)15-13-4-3-6-14(13)7-10-17-11-8-14/h12-13,15H,3-11H2,1-2H3. The predicted molar refractivity (Wildman–Crippen MR) is 69.2 cm³/mol. The van der Waals surface area contributed by atoms with Crippen molar-refractivity contribution in [2.75, 3.05) is 26.9 Å². The molecule has 0 bridgehead atoms. The van der Waals surface area contributed by atoms with Gasteiger partial charge in [0.05, 0.1) is 0 Å². The van der Waals surface area contributed by atoms with Crippen molar-refractivity contribution in [1.29, 1.82) is 0 Å². The Bertz CT molecular complexity index is 226. The molecule has 1 N–H and O–H groups in total. The Labute approximate surface area is 105 Å². The summed E-state index contributed by atoms with van der Waals surface area (Å²) in [7, 11) is 1.78. The van der Waals surface area contributed by atoms with Gasteiger partial charge in [-0.25, -0.2) is 0 Å². The molecule has 1 saturated carbocycles. The quantitative estimate of drug-likeness (QED) is 0.801. The fourth-order valence-electron chi connectivity index (χ4n) is 3.50. The molecule has 1 spiro atoms. The molecule has 17 heavy (non-hydrogen) atoms. The van der Waals surface area contributed by atoms with Crippen molar-refractivity contribution >= 4 is 0 Å². The summed E-state index contributed by atoms with van der Waals surface area (Å²) in [6.07, 6.45) is 7.74. The maximum atomic E-state index is 5.53. The second kappa shape index (κ2) is 6.17. The molecule has 2 aliphatic rings. The Kier molecular flexibility index (Phi) is 4.83. The second-order valence-corrected chi connectivity index (χ2v) is 5.77. The molecule has 3 heteroatoms. The van der Waals surface area contributed by atoms with Gasteiger partial charge in [0.25, 0.3) is 0 Å². The van der Waals surface area contributed by atoms with Crippen molar-refractivity contribution in [2.24, 2.45) is 5.41 Å².